The first-order valence-electron chi connectivity index (χ1n) is 15.0. The number of benzene rings is 2. The van der Waals surface area contributed by atoms with Crippen molar-refractivity contribution in [1.82, 2.24) is 20.6 Å². The smallest absolute Gasteiger partial charge is 0.407 e. The second-order valence-corrected chi connectivity index (χ2v) is 12.6. The number of anilines is 1. The van der Waals surface area contributed by atoms with Crippen molar-refractivity contribution in [1.29, 1.82) is 0 Å². The van der Waals surface area contributed by atoms with E-state index >= 15 is 0 Å². The van der Waals surface area contributed by atoms with Crippen LogP contribution in [0.3, 0.4) is 0 Å². The Hall–Kier alpha value is -5.36. The van der Waals surface area contributed by atoms with E-state index in [-0.39, 0.29) is 23.5 Å². The third kappa shape index (κ3) is 7.72. The number of ether oxygens (including phenoxy) is 2. The Bertz CT molecular complexity index is 1980. The third-order valence-electron chi connectivity index (χ3n) is 7.04. The number of carbonyl (C=O) groups is 4. The highest BCUT2D eigenvalue weighted by molar-refractivity contribution is 7.18. The molecule has 0 aliphatic heterocycles. The molecule has 0 bridgehead atoms. The number of aromatic nitrogens is 2. The Balaban J connectivity index is 1.52. The van der Waals surface area contributed by atoms with Crippen LogP contribution >= 0.6 is 11.3 Å². The number of esters is 1. The summed E-state index contributed by atoms with van der Waals surface area (Å²) in [5.41, 5.74) is 2.26. The molecular weight excluding hydrogens is 618 g/mol. The minimum atomic E-state index is -0.756. The van der Waals surface area contributed by atoms with Crippen LogP contribution in [0, 0.1) is 0 Å². The van der Waals surface area contributed by atoms with Crippen LogP contribution in [-0.4, -0.2) is 53.1 Å². The number of hydrogen-bond donors (Lipinski definition) is 3. The molecule has 47 heavy (non-hydrogen) atoms. The first-order valence-corrected chi connectivity index (χ1v) is 15.9. The number of pyridine rings is 2. The summed E-state index contributed by atoms with van der Waals surface area (Å²) in [5.74, 6) is -1.61. The van der Waals surface area contributed by atoms with Crippen LogP contribution in [0.4, 0.5) is 10.5 Å². The maximum absolute atomic E-state index is 14.0. The molecule has 0 saturated carbocycles. The van der Waals surface area contributed by atoms with E-state index in [9.17, 15) is 19.2 Å². The van der Waals surface area contributed by atoms with Crippen molar-refractivity contribution in [3.05, 3.63) is 88.7 Å². The highest BCUT2D eigenvalue weighted by Gasteiger charge is 2.24. The topological polar surface area (TPSA) is 149 Å². The Morgan fingerprint density at radius 1 is 0.915 bits per heavy atom. The lowest BCUT2D eigenvalue weighted by atomic mass is 9.94. The van der Waals surface area contributed by atoms with Crippen molar-refractivity contribution in [2.24, 2.45) is 0 Å². The van der Waals surface area contributed by atoms with Crippen molar-refractivity contribution in [2.75, 3.05) is 19.0 Å². The fraction of sp³-hybridized carbons (Fsp3) is 0.257. The van der Waals surface area contributed by atoms with Crippen molar-refractivity contribution in [3.8, 4) is 11.1 Å². The molecule has 5 aromatic rings. The van der Waals surface area contributed by atoms with Gasteiger partial charge in [-0.05, 0) is 86.2 Å². The molecule has 3 heterocycles. The first kappa shape index (κ1) is 33.0. The van der Waals surface area contributed by atoms with E-state index in [0.29, 0.717) is 28.9 Å². The second-order valence-electron chi connectivity index (χ2n) is 11.7. The average molecular weight is 654 g/mol. The lowest BCUT2D eigenvalue weighted by Crippen LogP contribution is -2.32. The molecule has 0 unspecified atom stereocenters. The maximum Gasteiger partial charge on any atom is 0.407 e. The zero-order valence-corrected chi connectivity index (χ0v) is 27.5. The normalized spacial score (nSPS) is 11.3. The predicted octanol–water partition coefficient (Wildman–Crippen LogP) is 6.71. The van der Waals surface area contributed by atoms with E-state index in [1.807, 2.05) is 18.4 Å². The van der Waals surface area contributed by atoms with E-state index in [1.54, 1.807) is 69.4 Å². The van der Waals surface area contributed by atoms with Gasteiger partial charge in [0, 0.05) is 51.6 Å². The molecule has 0 radical (unpaired) electrons. The number of hydrogen-bond acceptors (Lipinski definition) is 9. The number of alkyl carbamates (subject to hydrolysis) is 1. The number of fused-ring (bicyclic) bond motifs is 3. The standard InChI is InChI=1S/C35H35N5O6S/c1-6-14-36-32(42)27-12-11-23(29(40-27)33(43)45-5)24-17-28-26(30-21(19-37-28)13-15-47-30)16-25(24)31(41)39-22-9-7-20(8-10-22)18-38-34(44)46-35(2,3)4/h7-13,15-17,19H,6,14,18H2,1-5H3,(H,36,42)(H,38,44)(H,39,41). The molecule has 3 amide bonds. The van der Waals surface area contributed by atoms with Crippen molar-refractivity contribution in [3.63, 3.8) is 0 Å². The molecule has 0 atom stereocenters. The summed E-state index contributed by atoms with van der Waals surface area (Å²) in [6, 6.07) is 15.6. The van der Waals surface area contributed by atoms with E-state index < -0.39 is 29.5 Å². The van der Waals surface area contributed by atoms with Gasteiger partial charge in [-0.1, -0.05) is 19.1 Å². The highest BCUT2D eigenvalue weighted by Crippen LogP contribution is 2.35. The molecule has 0 aliphatic carbocycles. The molecule has 5 rings (SSSR count). The number of rotatable bonds is 9. The fourth-order valence-corrected chi connectivity index (χ4v) is 5.74. The van der Waals surface area contributed by atoms with E-state index in [1.165, 1.54) is 24.5 Å². The molecule has 11 nitrogen and oxygen atoms in total. The van der Waals surface area contributed by atoms with E-state index in [0.717, 1.165) is 27.5 Å². The summed E-state index contributed by atoms with van der Waals surface area (Å²) < 4.78 is 11.3. The Morgan fingerprint density at radius 2 is 1.68 bits per heavy atom. The molecule has 0 fully saturated rings. The summed E-state index contributed by atoms with van der Waals surface area (Å²) in [6.07, 6.45) is 1.97. The van der Waals surface area contributed by atoms with Gasteiger partial charge in [0.05, 0.1) is 12.6 Å². The Morgan fingerprint density at radius 3 is 2.38 bits per heavy atom. The third-order valence-corrected chi connectivity index (χ3v) is 8.01. The number of amides is 3. The van der Waals surface area contributed by atoms with Crippen LogP contribution < -0.4 is 16.0 Å². The second kappa shape index (κ2) is 14.0. The van der Waals surface area contributed by atoms with Crippen LogP contribution in [0.25, 0.3) is 32.1 Å². The minimum Gasteiger partial charge on any atom is -0.464 e. The summed E-state index contributed by atoms with van der Waals surface area (Å²) in [5, 5.41) is 12.1. The van der Waals surface area contributed by atoms with E-state index in [4.69, 9.17) is 9.47 Å². The van der Waals surface area contributed by atoms with Gasteiger partial charge in [0.15, 0.2) is 5.69 Å². The van der Waals surface area contributed by atoms with Gasteiger partial charge >= 0.3 is 12.1 Å². The average Bonchev–Trinajstić information content (AvgIpc) is 3.54. The highest BCUT2D eigenvalue weighted by atomic mass is 32.1. The van der Waals surface area contributed by atoms with Crippen LogP contribution in [0.15, 0.2) is 66.2 Å². The van der Waals surface area contributed by atoms with Crippen LogP contribution in [0.1, 0.15) is 71.0 Å². The number of nitrogens with one attached hydrogen (secondary N) is 3. The van der Waals surface area contributed by atoms with Gasteiger partial charge in [-0.2, -0.15) is 0 Å². The molecule has 242 valence electrons. The number of thiophene rings is 1. The lowest BCUT2D eigenvalue weighted by Gasteiger charge is -2.19. The molecule has 3 N–H and O–H groups in total. The van der Waals surface area contributed by atoms with Crippen molar-refractivity contribution >= 4 is 61.9 Å². The molecule has 12 heteroatoms. The zero-order valence-electron chi connectivity index (χ0n) is 26.7. The van der Waals surface area contributed by atoms with Gasteiger partial charge in [0.2, 0.25) is 0 Å². The Labute approximate surface area is 275 Å². The largest absolute Gasteiger partial charge is 0.464 e. The van der Waals surface area contributed by atoms with Crippen LogP contribution in [-0.2, 0) is 16.0 Å². The van der Waals surface area contributed by atoms with Gasteiger partial charge in [-0.15, -0.1) is 11.3 Å². The first-order chi connectivity index (χ1) is 22.5. The van der Waals surface area contributed by atoms with Crippen molar-refractivity contribution < 1.29 is 28.7 Å². The van der Waals surface area contributed by atoms with Gasteiger partial charge in [0.1, 0.15) is 11.3 Å². The minimum absolute atomic E-state index is 0.0501. The summed E-state index contributed by atoms with van der Waals surface area (Å²) in [4.78, 5) is 60.7. The number of carbonyl (C=O) groups excluding carboxylic acids is 4. The summed E-state index contributed by atoms with van der Waals surface area (Å²) in [7, 11) is 1.23. The van der Waals surface area contributed by atoms with Gasteiger partial charge in [-0.3, -0.25) is 14.6 Å². The number of nitrogens with zero attached hydrogens (tertiary/aromatic N) is 2. The van der Waals surface area contributed by atoms with Gasteiger partial charge in [0.25, 0.3) is 11.8 Å². The molecule has 0 saturated heterocycles. The predicted molar refractivity (Wildman–Crippen MR) is 182 cm³/mol. The molecular formula is C35H35N5O6S. The number of methoxy groups -OCH3 is 1. The van der Waals surface area contributed by atoms with Crippen molar-refractivity contribution in [2.45, 2.75) is 46.3 Å². The molecule has 0 spiro atoms. The van der Waals surface area contributed by atoms with Gasteiger partial charge in [-0.25, -0.2) is 14.6 Å². The molecule has 0 aliphatic rings. The Kier molecular flexibility index (Phi) is 9.80. The lowest BCUT2D eigenvalue weighted by molar-refractivity contribution is 0.0522. The van der Waals surface area contributed by atoms with Crippen LogP contribution in [0.2, 0.25) is 0 Å². The summed E-state index contributed by atoms with van der Waals surface area (Å²) in [6.45, 7) is 8.00. The zero-order chi connectivity index (χ0) is 33.7. The van der Waals surface area contributed by atoms with Gasteiger partial charge < -0.3 is 25.4 Å². The molecule has 2 aromatic carbocycles. The monoisotopic (exact) mass is 653 g/mol. The maximum atomic E-state index is 14.0. The SMILES string of the molecule is CCCNC(=O)c1ccc(-c2cc3ncc4ccsc4c3cc2C(=O)Nc2ccc(CNC(=O)OC(C)(C)C)cc2)c(C(=O)OC)n1. The summed E-state index contributed by atoms with van der Waals surface area (Å²) >= 11 is 1.54. The fourth-order valence-electron chi connectivity index (χ4n) is 4.84. The molecule has 3 aromatic heterocycles. The van der Waals surface area contributed by atoms with E-state index in [2.05, 4.69) is 25.9 Å². The quantitative estimate of drug-likeness (QED) is 0.149. The van der Waals surface area contributed by atoms with Crippen LogP contribution in [0.5, 0.6) is 0 Å².